The number of thioether (sulfide) groups is 1. The largest absolute Gasteiger partial charge is 0.549 e. The zero-order chi connectivity index (χ0) is 10.6. The van der Waals surface area contributed by atoms with E-state index in [0.717, 1.165) is 19.5 Å². The fraction of sp³-hybridized carbons (Fsp3) is 0.778. The summed E-state index contributed by atoms with van der Waals surface area (Å²) in [6, 6.07) is 0. The molecule has 0 radical (unpaired) electrons. The van der Waals surface area contributed by atoms with Crippen LogP contribution in [0.5, 0.6) is 0 Å². The van der Waals surface area contributed by atoms with Crippen LogP contribution in [0.25, 0.3) is 0 Å². The van der Waals surface area contributed by atoms with Gasteiger partial charge in [0.1, 0.15) is 4.32 Å². The lowest BCUT2D eigenvalue weighted by molar-refractivity contribution is -0.301. The summed E-state index contributed by atoms with van der Waals surface area (Å²) in [5.74, 6) is -0.434. The number of piperidine rings is 1. The van der Waals surface area contributed by atoms with Crippen molar-refractivity contribution in [3.05, 3.63) is 0 Å². The van der Waals surface area contributed by atoms with E-state index in [4.69, 9.17) is 12.2 Å². The highest BCUT2D eigenvalue weighted by Gasteiger charge is 2.18. The number of nitrogens with zero attached hydrogens (tertiary/aromatic N) is 1. The van der Waals surface area contributed by atoms with E-state index in [1.807, 2.05) is 0 Å². The lowest BCUT2D eigenvalue weighted by Gasteiger charge is -2.32. The second kappa shape index (κ2) is 5.56. The summed E-state index contributed by atoms with van der Waals surface area (Å²) < 4.78 is 0.695. The van der Waals surface area contributed by atoms with Crippen LogP contribution in [0.15, 0.2) is 0 Å². The highest BCUT2D eigenvalue weighted by atomic mass is 32.2. The Labute approximate surface area is 93.9 Å². The van der Waals surface area contributed by atoms with Crippen LogP contribution in [-0.4, -0.2) is 34.0 Å². The Kier molecular flexibility index (Phi) is 4.68. The van der Waals surface area contributed by atoms with E-state index >= 15 is 0 Å². The standard InChI is InChI=1S/C9H15NO2S2/c1-7-3-2-4-10(5-7)9(13)14-6-8(11)12/h7H,2-6H2,1H3,(H,11,12)/p-1/t7-/m0/s1. The number of carbonyl (C=O) groups is 1. The molecule has 14 heavy (non-hydrogen) atoms. The molecular weight excluding hydrogens is 218 g/mol. The number of carboxylic acids is 1. The van der Waals surface area contributed by atoms with Gasteiger partial charge in [-0.25, -0.2) is 0 Å². The SMILES string of the molecule is C[C@H]1CCCN(C(=S)SCC(=O)[O-])C1. The third-order valence-corrected chi connectivity index (χ3v) is 3.73. The Morgan fingerprint density at radius 2 is 2.43 bits per heavy atom. The van der Waals surface area contributed by atoms with Crippen LogP contribution in [0.3, 0.4) is 0 Å². The van der Waals surface area contributed by atoms with Crippen molar-refractivity contribution in [1.29, 1.82) is 0 Å². The first kappa shape index (κ1) is 11.8. The highest BCUT2D eigenvalue weighted by Crippen LogP contribution is 2.19. The first-order valence-corrected chi connectivity index (χ1v) is 6.10. The van der Waals surface area contributed by atoms with E-state index in [-0.39, 0.29) is 5.75 Å². The van der Waals surface area contributed by atoms with Gasteiger partial charge in [-0.05, 0) is 18.8 Å². The van der Waals surface area contributed by atoms with Gasteiger partial charge in [0.25, 0.3) is 0 Å². The van der Waals surface area contributed by atoms with E-state index < -0.39 is 5.97 Å². The van der Waals surface area contributed by atoms with Gasteiger partial charge in [0.2, 0.25) is 0 Å². The molecule has 0 spiro atoms. The summed E-state index contributed by atoms with van der Waals surface area (Å²) in [5, 5.41) is 10.2. The number of aliphatic carboxylic acids is 1. The van der Waals surface area contributed by atoms with Gasteiger partial charge in [0, 0.05) is 18.8 Å². The molecule has 80 valence electrons. The van der Waals surface area contributed by atoms with Gasteiger partial charge in [-0.1, -0.05) is 30.9 Å². The Morgan fingerprint density at radius 3 is 3.00 bits per heavy atom. The molecule has 1 aliphatic heterocycles. The molecule has 0 bridgehead atoms. The summed E-state index contributed by atoms with van der Waals surface area (Å²) in [4.78, 5) is 12.3. The zero-order valence-corrected chi connectivity index (χ0v) is 9.83. The number of rotatable bonds is 2. The molecule has 1 heterocycles. The Bertz CT molecular complexity index is 233. The molecule has 5 heteroatoms. The van der Waals surface area contributed by atoms with Gasteiger partial charge < -0.3 is 14.8 Å². The van der Waals surface area contributed by atoms with Crippen LogP contribution < -0.4 is 5.11 Å². The topological polar surface area (TPSA) is 43.4 Å². The minimum atomic E-state index is -1.05. The highest BCUT2D eigenvalue weighted by molar-refractivity contribution is 8.23. The molecule has 1 aliphatic rings. The average molecular weight is 232 g/mol. The molecule has 0 aliphatic carbocycles. The number of hydrogen-bond acceptors (Lipinski definition) is 4. The second-order valence-corrected chi connectivity index (χ2v) is 5.23. The fourth-order valence-electron chi connectivity index (χ4n) is 1.57. The number of carboxylic acid groups (broad SMARTS) is 1. The van der Waals surface area contributed by atoms with E-state index in [2.05, 4.69) is 11.8 Å². The quantitative estimate of drug-likeness (QED) is 0.648. The van der Waals surface area contributed by atoms with Crippen molar-refractivity contribution in [3.63, 3.8) is 0 Å². The molecule has 0 aromatic heterocycles. The molecular formula is C9H14NO2S2-. The maximum atomic E-state index is 10.2. The maximum absolute atomic E-state index is 10.2. The second-order valence-electron chi connectivity index (χ2n) is 3.62. The van der Waals surface area contributed by atoms with Crippen molar-refractivity contribution >= 4 is 34.3 Å². The number of likely N-dealkylation sites (tertiary alicyclic amines) is 1. The summed E-state index contributed by atoms with van der Waals surface area (Å²) in [5.41, 5.74) is 0. The molecule has 0 aromatic rings. The minimum absolute atomic E-state index is 0.0380. The fourth-order valence-corrected chi connectivity index (χ4v) is 2.50. The number of hydrogen-bond donors (Lipinski definition) is 0. The van der Waals surface area contributed by atoms with Crippen LogP contribution in [0.1, 0.15) is 19.8 Å². The molecule has 0 N–H and O–H groups in total. The molecule has 1 saturated heterocycles. The zero-order valence-electron chi connectivity index (χ0n) is 8.19. The normalized spacial score (nSPS) is 22.1. The monoisotopic (exact) mass is 232 g/mol. The van der Waals surface area contributed by atoms with E-state index in [1.54, 1.807) is 0 Å². The summed E-state index contributed by atoms with van der Waals surface area (Å²) in [7, 11) is 0. The van der Waals surface area contributed by atoms with Crippen molar-refractivity contribution < 1.29 is 9.90 Å². The van der Waals surface area contributed by atoms with Crippen LogP contribution in [0.4, 0.5) is 0 Å². The Hall–Kier alpha value is -0.290. The molecule has 3 nitrogen and oxygen atoms in total. The number of carbonyl (C=O) groups excluding carboxylic acids is 1. The van der Waals surface area contributed by atoms with Gasteiger partial charge in [0.15, 0.2) is 0 Å². The average Bonchev–Trinajstić information content (AvgIpc) is 2.14. The molecule has 0 amide bonds. The van der Waals surface area contributed by atoms with Crippen molar-refractivity contribution in [2.24, 2.45) is 5.92 Å². The van der Waals surface area contributed by atoms with Gasteiger partial charge in [-0.3, -0.25) is 0 Å². The number of thiocarbonyl (C=S) groups is 1. The summed E-state index contributed by atoms with van der Waals surface area (Å²) in [6.07, 6.45) is 2.39. The predicted molar refractivity (Wildman–Crippen MR) is 60.0 cm³/mol. The summed E-state index contributed by atoms with van der Waals surface area (Å²) >= 11 is 6.33. The third-order valence-electron chi connectivity index (χ3n) is 2.23. The van der Waals surface area contributed by atoms with Gasteiger partial charge >= 0.3 is 0 Å². The lowest BCUT2D eigenvalue weighted by Crippen LogP contribution is -2.37. The van der Waals surface area contributed by atoms with E-state index in [1.165, 1.54) is 18.2 Å². The predicted octanol–water partition coefficient (Wildman–Crippen LogP) is 0.486. The van der Waals surface area contributed by atoms with E-state index in [9.17, 15) is 9.90 Å². The van der Waals surface area contributed by atoms with Crippen LogP contribution in [0.2, 0.25) is 0 Å². The maximum Gasteiger partial charge on any atom is 0.136 e. The van der Waals surface area contributed by atoms with Crippen molar-refractivity contribution in [2.75, 3.05) is 18.8 Å². The first-order valence-electron chi connectivity index (χ1n) is 4.71. The third kappa shape index (κ3) is 3.84. The molecule has 1 atom stereocenters. The molecule has 0 aromatic carbocycles. The lowest BCUT2D eigenvalue weighted by atomic mass is 10.0. The van der Waals surface area contributed by atoms with Gasteiger partial charge in [-0.2, -0.15) is 0 Å². The molecule has 1 rings (SSSR count). The summed E-state index contributed by atoms with van der Waals surface area (Å²) in [6.45, 7) is 4.11. The minimum Gasteiger partial charge on any atom is -0.549 e. The van der Waals surface area contributed by atoms with Crippen molar-refractivity contribution in [3.8, 4) is 0 Å². The van der Waals surface area contributed by atoms with E-state index in [0.29, 0.717) is 10.2 Å². The Morgan fingerprint density at radius 1 is 1.71 bits per heavy atom. The smallest absolute Gasteiger partial charge is 0.136 e. The van der Waals surface area contributed by atoms with Crippen molar-refractivity contribution in [2.45, 2.75) is 19.8 Å². The van der Waals surface area contributed by atoms with Gasteiger partial charge in [0.05, 0.1) is 5.97 Å². The van der Waals surface area contributed by atoms with Crippen LogP contribution in [-0.2, 0) is 4.79 Å². The van der Waals surface area contributed by atoms with Crippen LogP contribution in [0, 0.1) is 5.92 Å². The first-order chi connectivity index (χ1) is 6.59. The van der Waals surface area contributed by atoms with Crippen LogP contribution >= 0.6 is 24.0 Å². The molecule has 0 unspecified atom stereocenters. The van der Waals surface area contributed by atoms with Crippen molar-refractivity contribution in [1.82, 2.24) is 4.90 Å². The Balaban J connectivity index is 2.32. The molecule has 0 saturated carbocycles. The van der Waals surface area contributed by atoms with Gasteiger partial charge in [-0.15, -0.1) is 0 Å². The molecule has 1 fully saturated rings.